The highest BCUT2D eigenvalue weighted by Crippen LogP contribution is 2.04. The van der Waals surface area contributed by atoms with E-state index < -0.39 is 0 Å². The molecule has 6 nitrogen and oxygen atoms in total. The number of hydrogen-bond donors (Lipinski definition) is 2. The zero-order valence-electron chi connectivity index (χ0n) is 15.9. The Morgan fingerprint density at radius 1 is 1.28 bits per heavy atom. The average Bonchev–Trinajstić information content (AvgIpc) is 2.61. The van der Waals surface area contributed by atoms with Crippen LogP contribution in [0.25, 0.3) is 0 Å². The van der Waals surface area contributed by atoms with Crippen LogP contribution in [0.1, 0.15) is 31.5 Å². The SMILES string of the molecule is Cc1cccnc1CN=C(NCCC(C)C)NCCN1CCOCC1. The summed E-state index contributed by atoms with van der Waals surface area (Å²) >= 11 is 0. The first-order chi connectivity index (χ1) is 12.1. The van der Waals surface area contributed by atoms with E-state index in [1.54, 1.807) is 0 Å². The van der Waals surface area contributed by atoms with Gasteiger partial charge in [-0.3, -0.25) is 9.88 Å². The molecular formula is C19H33N5O. The van der Waals surface area contributed by atoms with Crippen LogP contribution in [0.5, 0.6) is 0 Å². The third-order valence-corrected chi connectivity index (χ3v) is 4.34. The van der Waals surface area contributed by atoms with Crippen molar-refractivity contribution in [1.82, 2.24) is 20.5 Å². The summed E-state index contributed by atoms with van der Waals surface area (Å²) < 4.78 is 5.40. The Kier molecular flexibility index (Phi) is 8.69. The second-order valence-electron chi connectivity index (χ2n) is 6.92. The molecule has 140 valence electrons. The Balaban J connectivity index is 1.84. The van der Waals surface area contributed by atoms with Crippen LogP contribution in [0.3, 0.4) is 0 Å². The third kappa shape index (κ3) is 7.84. The molecule has 0 bridgehead atoms. The Labute approximate surface area is 152 Å². The van der Waals surface area contributed by atoms with Gasteiger partial charge < -0.3 is 15.4 Å². The van der Waals surface area contributed by atoms with Crippen molar-refractivity contribution < 1.29 is 4.74 Å². The van der Waals surface area contributed by atoms with E-state index in [9.17, 15) is 0 Å². The maximum absolute atomic E-state index is 5.40. The lowest BCUT2D eigenvalue weighted by Crippen LogP contribution is -2.44. The van der Waals surface area contributed by atoms with Gasteiger partial charge in [0.15, 0.2) is 5.96 Å². The average molecular weight is 348 g/mol. The van der Waals surface area contributed by atoms with Crippen LogP contribution in [0.2, 0.25) is 0 Å². The molecule has 2 heterocycles. The van der Waals surface area contributed by atoms with E-state index in [1.165, 1.54) is 5.56 Å². The van der Waals surface area contributed by atoms with Crippen LogP contribution in [-0.2, 0) is 11.3 Å². The molecule has 0 spiro atoms. The van der Waals surface area contributed by atoms with Crippen molar-refractivity contribution in [3.05, 3.63) is 29.6 Å². The Morgan fingerprint density at radius 3 is 2.76 bits per heavy atom. The number of aryl methyl sites for hydroxylation is 1. The van der Waals surface area contributed by atoms with E-state index in [1.807, 2.05) is 12.3 Å². The number of hydrogen-bond acceptors (Lipinski definition) is 4. The van der Waals surface area contributed by atoms with E-state index in [0.717, 1.165) is 64.0 Å². The lowest BCUT2D eigenvalue weighted by Gasteiger charge is -2.26. The molecule has 1 saturated heterocycles. The van der Waals surface area contributed by atoms with E-state index in [0.29, 0.717) is 12.5 Å². The van der Waals surface area contributed by atoms with Crippen molar-refractivity contribution >= 4 is 5.96 Å². The van der Waals surface area contributed by atoms with Gasteiger partial charge in [-0.05, 0) is 30.9 Å². The number of aliphatic imine (C=N–C) groups is 1. The van der Waals surface area contributed by atoms with Gasteiger partial charge in [0, 0.05) is 38.9 Å². The summed E-state index contributed by atoms with van der Waals surface area (Å²) in [5.41, 5.74) is 2.21. The first-order valence-electron chi connectivity index (χ1n) is 9.38. The summed E-state index contributed by atoms with van der Waals surface area (Å²) in [6, 6.07) is 4.04. The quantitative estimate of drug-likeness (QED) is 0.555. The smallest absolute Gasteiger partial charge is 0.191 e. The van der Waals surface area contributed by atoms with Crippen LogP contribution < -0.4 is 10.6 Å². The molecule has 0 amide bonds. The minimum atomic E-state index is 0.598. The Morgan fingerprint density at radius 2 is 2.04 bits per heavy atom. The molecule has 0 unspecified atom stereocenters. The van der Waals surface area contributed by atoms with E-state index >= 15 is 0 Å². The lowest BCUT2D eigenvalue weighted by molar-refractivity contribution is 0.0389. The highest BCUT2D eigenvalue weighted by atomic mass is 16.5. The zero-order valence-corrected chi connectivity index (χ0v) is 15.9. The van der Waals surface area contributed by atoms with E-state index in [2.05, 4.69) is 47.4 Å². The lowest BCUT2D eigenvalue weighted by atomic mass is 10.1. The predicted octanol–water partition coefficient (Wildman–Crippen LogP) is 1.80. The largest absolute Gasteiger partial charge is 0.379 e. The fraction of sp³-hybridized carbons (Fsp3) is 0.684. The summed E-state index contributed by atoms with van der Waals surface area (Å²) in [7, 11) is 0. The molecule has 0 radical (unpaired) electrons. The van der Waals surface area contributed by atoms with E-state index in [4.69, 9.17) is 9.73 Å². The fourth-order valence-electron chi connectivity index (χ4n) is 2.65. The van der Waals surface area contributed by atoms with Crippen molar-refractivity contribution in [3.8, 4) is 0 Å². The third-order valence-electron chi connectivity index (χ3n) is 4.34. The van der Waals surface area contributed by atoms with Gasteiger partial charge in [-0.2, -0.15) is 0 Å². The number of aromatic nitrogens is 1. The summed E-state index contributed by atoms with van der Waals surface area (Å²) in [4.78, 5) is 11.6. The molecule has 1 aliphatic rings. The molecule has 0 aromatic carbocycles. The zero-order chi connectivity index (χ0) is 17.9. The normalized spacial score (nSPS) is 16.2. The van der Waals surface area contributed by atoms with Crippen LogP contribution in [-0.4, -0.2) is 61.8 Å². The van der Waals surface area contributed by atoms with Gasteiger partial charge in [0.05, 0.1) is 25.5 Å². The minimum Gasteiger partial charge on any atom is -0.379 e. The van der Waals surface area contributed by atoms with Gasteiger partial charge in [0.25, 0.3) is 0 Å². The van der Waals surface area contributed by atoms with Crippen molar-refractivity contribution in [1.29, 1.82) is 0 Å². The summed E-state index contributed by atoms with van der Waals surface area (Å²) in [5, 5.41) is 6.91. The summed E-state index contributed by atoms with van der Waals surface area (Å²) in [6.45, 7) is 13.7. The van der Waals surface area contributed by atoms with Crippen LogP contribution >= 0.6 is 0 Å². The second-order valence-corrected chi connectivity index (χ2v) is 6.92. The molecule has 6 heteroatoms. The molecular weight excluding hydrogens is 314 g/mol. The number of guanidine groups is 1. The van der Waals surface area contributed by atoms with Crippen LogP contribution in [0.4, 0.5) is 0 Å². The number of rotatable bonds is 8. The highest BCUT2D eigenvalue weighted by Gasteiger charge is 2.10. The maximum atomic E-state index is 5.40. The number of nitrogens with zero attached hydrogens (tertiary/aromatic N) is 3. The van der Waals surface area contributed by atoms with Gasteiger partial charge in [0.1, 0.15) is 0 Å². The Hall–Kier alpha value is -1.66. The van der Waals surface area contributed by atoms with Crippen molar-refractivity contribution in [2.24, 2.45) is 10.9 Å². The van der Waals surface area contributed by atoms with Crippen molar-refractivity contribution in [2.75, 3.05) is 45.9 Å². The van der Waals surface area contributed by atoms with Crippen LogP contribution in [0, 0.1) is 12.8 Å². The number of pyridine rings is 1. The molecule has 1 fully saturated rings. The molecule has 0 saturated carbocycles. The van der Waals surface area contributed by atoms with Gasteiger partial charge in [-0.25, -0.2) is 4.99 Å². The second kappa shape index (κ2) is 11.1. The highest BCUT2D eigenvalue weighted by molar-refractivity contribution is 5.79. The molecule has 25 heavy (non-hydrogen) atoms. The van der Waals surface area contributed by atoms with E-state index in [-0.39, 0.29) is 0 Å². The number of nitrogens with one attached hydrogen (secondary N) is 2. The first-order valence-corrected chi connectivity index (χ1v) is 9.38. The molecule has 1 aromatic rings. The number of ether oxygens (including phenoxy) is 1. The fourth-order valence-corrected chi connectivity index (χ4v) is 2.65. The molecule has 0 aliphatic carbocycles. The van der Waals surface area contributed by atoms with Gasteiger partial charge in [-0.15, -0.1) is 0 Å². The molecule has 2 rings (SSSR count). The molecule has 0 atom stereocenters. The van der Waals surface area contributed by atoms with Gasteiger partial charge >= 0.3 is 0 Å². The van der Waals surface area contributed by atoms with Crippen molar-refractivity contribution in [2.45, 2.75) is 33.7 Å². The topological polar surface area (TPSA) is 61.8 Å². The van der Waals surface area contributed by atoms with Crippen LogP contribution in [0.15, 0.2) is 23.3 Å². The monoisotopic (exact) mass is 347 g/mol. The number of morpholine rings is 1. The summed E-state index contributed by atoms with van der Waals surface area (Å²) in [6.07, 6.45) is 2.96. The first kappa shape index (κ1) is 19.7. The minimum absolute atomic E-state index is 0.598. The van der Waals surface area contributed by atoms with Gasteiger partial charge in [-0.1, -0.05) is 19.9 Å². The molecule has 1 aromatic heterocycles. The molecule has 2 N–H and O–H groups in total. The standard InChI is InChI=1S/C19H33N5O/c1-16(2)6-8-21-19(22-9-10-24-11-13-25-14-12-24)23-15-18-17(3)5-4-7-20-18/h4-5,7,16H,6,8-15H2,1-3H3,(H2,21,22,23). The predicted molar refractivity (Wildman–Crippen MR) is 103 cm³/mol. The van der Waals surface area contributed by atoms with Gasteiger partial charge in [0.2, 0.25) is 0 Å². The maximum Gasteiger partial charge on any atom is 0.191 e. The summed E-state index contributed by atoms with van der Waals surface area (Å²) in [5.74, 6) is 1.55. The Bertz CT molecular complexity index is 526. The molecule has 1 aliphatic heterocycles. The van der Waals surface area contributed by atoms with Crippen molar-refractivity contribution in [3.63, 3.8) is 0 Å².